The average Bonchev–Trinajstić information content (AvgIpc) is 2.31. The number of carbonyl (C=O) groups is 1. The lowest BCUT2D eigenvalue weighted by atomic mass is 10.2. The third-order valence-electron chi connectivity index (χ3n) is 2.05. The van der Waals surface area contributed by atoms with E-state index in [1.54, 1.807) is 20.8 Å². The molecule has 9 heteroatoms. The van der Waals surface area contributed by atoms with Gasteiger partial charge < -0.3 is 9.84 Å². The van der Waals surface area contributed by atoms with Crippen LogP contribution in [-0.4, -0.2) is 27.9 Å². The molecular formula is C12H14BrN3O5. The Morgan fingerprint density at radius 2 is 2.14 bits per heavy atom. The Hall–Kier alpha value is -2.16. The number of hydrogen-bond acceptors (Lipinski definition) is 6. The fraction of sp³-hybridized carbons (Fsp3) is 0.333. The predicted molar refractivity (Wildman–Crippen MR) is 79.4 cm³/mol. The zero-order valence-corrected chi connectivity index (χ0v) is 13.2. The van der Waals surface area contributed by atoms with Crippen LogP contribution >= 0.6 is 15.9 Å². The van der Waals surface area contributed by atoms with Crippen molar-refractivity contribution >= 4 is 33.9 Å². The first-order valence-electron chi connectivity index (χ1n) is 5.79. The fourth-order valence-corrected chi connectivity index (χ4v) is 1.73. The van der Waals surface area contributed by atoms with E-state index in [1.165, 1.54) is 0 Å². The monoisotopic (exact) mass is 359 g/mol. The maximum atomic E-state index is 11.3. The van der Waals surface area contributed by atoms with Gasteiger partial charge in [0.25, 0.3) is 5.69 Å². The molecular weight excluding hydrogens is 346 g/mol. The highest BCUT2D eigenvalue weighted by Gasteiger charge is 2.16. The van der Waals surface area contributed by atoms with Gasteiger partial charge >= 0.3 is 6.09 Å². The van der Waals surface area contributed by atoms with Crippen molar-refractivity contribution in [3.05, 3.63) is 32.3 Å². The van der Waals surface area contributed by atoms with Gasteiger partial charge in [0.15, 0.2) is 0 Å². The number of hydrogen-bond donors (Lipinski definition) is 2. The SMILES string of the molecule is CC(C)(C)OC(=O)N/N=C/c1cc([N+](=O)[O-])cc(Br)c1O. The second kappa shape index (κ2) is 6.53. The normalized spacial score (nSPS) is 11.4. The van der Waals surface area contributed by atoms with E-state index in [1.807, 2.05) is 0 Å². The first-order chi connectivity index (χ1) is 9.60. The topological polar surface area (TPSA) is 114 Å². The van der Waals surface area contributed by atoms with Gasteiger partial charge in [0.1, 0.15) is 11.4 Å². The minimum atomic E-state index is -0.775. The molecule has 0 heterocycles. The predicted octanol–water partition coefficient (Wildman–Crippen LogP) is 2.92. The zero-order valence-electron chi connectivity index (χ0n) is 11.6. The number of amides is 1. The van der Waals surface area contributed by atoms with Crippen LogP contribution in [0.15, 0.2) is 21.7 Å². The molecule has 0 saturated heterocycles. The van der Waals surface area contributed by atoms with Gasteiger partial charge in [-0.25, -0.2) is 10.2 Å². The van der Waals surface area contributed by atoms with E-state index in [9.17, 15) is 20.0 Å². The number of nitrogens with zero attached hydrogens (tertiary/aromatic N) is 2. The molecule has 21 heavy (non-hydrogen) atoms. The molecule has 0 atom stereocenters. The third-order valence-corrected chi connectivity index (χ3v) is 2.65. The highest BCUT2D eigenvalue weighted by molar-refractivity contribution is 9.10. The van der Waals surface area contributed by atoms with Gasteiger partial charge in [-0.05, 0) is 36.7 Å². The number of hydrazone groups is 1. The Bertz CT molecular complexity index is 595. The summed E-state index contributed by atoms with van der Waals surface area (Å²) in [6.45, 7) is 5.08. The van der Waals surface area contributed by atoms with Gasteiger partial charge in [-0.15, -0.1) is 0 Å². The summed E-state index contributed by atoms with van der Waals surface area (Å²) in [5, 5.41) is 24.1. The number of ether oxygens (including phenoxy) is 1. The van der Waals surface area contributed by atoms with E-state index in [0.29, 0.717) is 0 Å². The number of carbonyl (C=O) groups excluding carboxylic acids is 1. The molecule has 0 aliphatic carbocycles. The Kier molecular flexibility index (Phi) is 5.25. The molecule has 0 aromatic heterocycles. The lowest BCUT2D eigenvalue weighted by Crippen LogP contribution is -2.29. The van der Waals surface area contributed by atoms with E-state index >= 15 is 0 Å². The summed E-state index contributed by atoms with van der Waals surface area (Å²) in [5.74, 6) is -0.227. The smallest absolute Gasteiger partial charge is 0.428 e. The maximum Gasteiger partial charge on any atom is 0.428 e. The van der Waals surface area contributed by atoms with E-state index in [0.717, 1.165) is 18.3 Å². The lowest BCUT2D eigenvalue weighted by Gasteiger charge is -2.18. The Morgan fingerprint density at radius 3 is 2.67 bits per heavy atom. The zero-order chi connectivity index (χ0) is 16.2. The highest BCUT2D eigenvalue weighted by Crippen LogP contribution is 2.31. The Balaban J connectivity index is 2.85. The van der Waals surface area contributed by atoms with Crippen LogP contribution in [0.5, 0.6) is 5.75 Å². The number of non-ortho nitro benzene ring substituents is 1. The first-order valence-corrected chi connectivity index (χ1v) is 6.58. The molecule has 0 fully saturated rings. The molecule has 0 bridgehead atoms. The Labute approximate surface area is 129 Å². The molecule has 0 radical (unpaired) electrons. The number of halogens is 1. The first kappa shape index (κ1) is 16.9. The third kappa shape index (κ3) is 5.38. The summed E-state index contributed by atoms with van der Waals surface area (Å²) in [6, 6.07) is 2.29. The lowest BCUT2D eigenvalue weighted by molar-refractivity contribution is -0.385. The number of aromatic hydroxyl groups is 1. The van der Waals surface area contributed by atoms with Crippen LogP contribution in [0.4, 0.5) is 10.5 Å². The van der Waals surface area contributed by atoms with Crippen LogP contribution in [0.25, 0.3) is 0 Å². The van der Waals surface area contributed by atoms with Crippen molar-refractivity contribution in [2.45, 2.75) is 26.4 Å². The molecule has 0 aliphatic heterocycles. The molecule has 1 aromatic carbocycles. The van der Waals surface area contributed by atoms with Crippen LogP contribution in [-0.2, 0) is 4.74 Å². The van der Waals surface area contributed by atoms with Crippen molar-refractivity contribution in [3.63, 3.8) is 0 Å². The number of phenolic OH excluding ortho intramolecular Hbond substituents is 1. The number of phenols is 1. The molecule has 0 unspecified atom stereocenters. The molecule has 0 saturated carbocycles. The van der Waals surface area contributed by atoms with E-state index < -0.39 is 16.6 Å². The molecule has 0 aliphatic rings. The van der Waals surface area contributed by atoms with Crippen molar-refractivity contribution in [3.8, 4) is 5.75 Å². The van der Waals surface area contributed by atoms with E-state index in [4.69, 9.17) is 4.74 Å². The van der Waals surface area contributed by atoms with Crippen LogP contribution in [0.3, 0.4) is 0 Å². The summed E-state index contributed by atoms with van der Waals surface area (Å²) >= 11 is 3.00. The van der Waals surface area contributed by atoms with Gasteiger partial charge in [-0.2, -0.15) is 5.10 Å². The largest absolute Gasteiger partial charge is 0.506 e. The summed E-state index contributed by atoms with van der Waals surface area (Å²) in [7, 11) is 0. The maximum absolute atomic E-state index is 11.3. The number of rotatable bonds is 3. The van der Waals surface area contributed by atoms with Gasteiger partial charge in [0.05, 0.1) is 15.6 Å². The molecule has 114 valence electrons. The number of nitro groups is 1. The molecule has 2 N–H and O–H groups in total. The van der Waals surface area contributed by atoms with Crippen LogP contribution in [0.2, 0.25) is 0 Å². The van der Waals surface area contributed by atoms with Crippen LogP contribution in [0, 0.1) is 10.1 Å². The van der Waals surface area contributed by atoms with Crippen LogP contribution < -0.4 is 5.43 Å². The van der Waals surface area contributed by atoms with Gasteiger partial charge in [0, 0.05) is 17.7 Å². The highest BCUT2D eigenvalue weighted by atomic mass is 79.9. The molecule has 8 nitrogen and oxygen atoms in total. The average molecular weight is 360 g/mol. The van der Waals surface area contributed by atoms with Crippen LogP contribution in [0.1, 0.15) is 26.3 Å². The van der Waals surface area contributed by atoms with Gasteiger partial charge in [-0.1, -0.05) is 0 Å². The summed E-state index contributed by atoms with van der Waals surface area (Å²) in [5.41, 5.74) is 1.28. The Morgan fingerprint density at radius 1 is 1.52 bits per heavy atom. The summed E-state index contributed by atoms with van der Waals surface area (Å²) < 4.78 is 5.10. The summed E-state index contributed by atoms with van der Waals surface area (Å²) in [4.78, 5) is 21.5. The van der Waals surface area contributed by atoms with E-state index in [2.05, 4.69) is 26.5 Å². The van der Waals surface area contributed by atoms with E-state index in [-0.39, 0.29) is 21.5 Å². The number of benzene rings is 1. The second-order valence-corrected chi connectivity index (χ2v) is 5.85. The minimum Gasteiger partial charge on any atom is -0.506 e. The molecule has 1 amide bonds. The van der Waals surface area contributed by atoms with Crippen molar-refractivity contribution in [1.82, 2.24) is 5.43 Å². The van der Waals surface area contributed by atoms with Crippen molar-refractivity contribution in [2.75, 3.05) is 0 Å². The van der Waals surface area contributed by atoms with Gasteiger partial charge in [-0.3, -0.25) is 10.1 Å². The minimum absolute atomic E-state index is 0.0760. The van der Waals surface area contributed by atoms with Crippen molar-refractivity contribution in [1.29, 1.82) is 0 Å². The molecule has 1 rings (SSSR count). The number of nitro benzene ring substituents is 1. The molecule has 1 aromatic rings. The van der Waals surface area contributed by atoms with Gasteiger partial charge in [0.2, 0.25) is 0 Å². The molecule has 0 spiro atoms. The van der Waals surface area contributed by atoms with Crippen molar-refractivity contribution in [2.24, 2.45) is 5.10 Å². The fourth-order valence-electron chi connectivity index (χ4n) is 1.26. The standard InChI is InChI=1S/C12H14BrN3O5/c1-12(2,3)21-11(18)15-14-6-7-4-8(16(19)20)5-9(13)10(7)17/h4-6,17H,1-3H3,(H,15,18)/b14-6+. The second-order valence-electron chi connectivity index (χ2n) is 4.99. The quantitative estimate of drug-likeness (QED) is 0.489. The van der Waals surface area contributed by atoms with Crippen molar-refractivity contribution < 1.29 is 19.6 Å². The summed E-state index contributed by atoms with van der Waals surface area (Å²) in [6.07, 6.45) is 0.305. The number of nitrogens with one attached hydrogen (secondary N) is 1.